The van der Waals surface area contributed by atoms with Gasteiger partial charge in [0.15, 0.2) is 0 Å². The first kappa shape index (κ1) is 20.0. The minimum atomic E-state index is -1.20. The van der Waals surface area contributed by atoms with Crippen molar-refractivity contribution < 1.29 is 36.7 Å². The van der Waals surface area contributed by atoms with Crippen molar-refractivity contribution in [2.24, 2.45) is 0 Å². The Morgan fingerprint density at radius 1 is 1.19 bits per heavy atom. The molecule has 0 spiro atoms. The Morgan fingerprint density at radius 3 is 2.37 bits per heavy atom. The summed E-state index contributed by atoms with van der Waals surface area (Å²) in [6, 6.07) is 0.909. The van der Waals surface area contributed by atoms with Crippen LogP contribution in [0.4, 0.5) is 13.2 Å². The number of carbonyl (C=O) groups is 2. The van der Waals surface area contributed by atoms with Gasteiger partial charge in [0.05, 0.1) is 13.7 Å². The maximum Gasteiger partial charge on any atom is 0.378 e. The molecule has 0 unspecified atom stereocenters. The molecule has 7 nitrogen and oxygen atoms in total. The summed E-state index contributed by atoms with van der Waals surface area (Å²) in [7, 11) is 1.08. The average Bonchev–Trinajstić information content (AvgIpc) is 2.60. The third-order valence-electron chi connectivity index (χ3n) is 3.39. The van der Waals surface area contributed by atoms with E-state index < -0.39 is 63.9 Å². The van der Waals surface area contributed by atoms with Crippen molar-refractivity contribution in [1.82, 2.24) is 5.32 Å². The van der Waals surface area contributed by atoms with Crippen LogP contribution in [0.25, 0.3) is 0 Å². The normalized spacial score (nSPS) is 10.4. The summed E-state index contributed by atoms with van der Waals surface area (Å²) in [5.41, 5.74) is -2.14. The van der Waals surface area contributed by atoms with Crippen LogP contribution < -0.4 is 15.5 Å². The van der Waals surface area contributed by atoms with Gasteiger partial charge in [-0.1, -0.05) is 0 Å². The zero-order valence-electron chi connectivity index (χ0n) is 14.2. The van der Waals surface area contributed by atoms with Crippen molar-refractivity contribution in [3.8, 4) is 5.75 Å². The topological polar surface area (TPSA) is 94.8 Å². The van der Waals surface area contributed by atoms with Gasteiger partial charge >= 0.3 is 5.97 Å². The van der Waals surface area contributed by atoms with Crippen LogP contribution in [0.3, 0.4) is 0 Å². The summed E-state index contributed by atoms with van der Waals surface area (Å²) in [5, 5.41) is 2.11. The highest BCUT2D eigenvalue weighted by molar-refractivity contribution is 5.95. The predicted octanol–water partition coefficient (Wildman–Crippen LogP) is 2.17. The van der Waals surface area contributed by atoms with E-state index in [-0.39, 0.29) is 6.61 Å². The van der Waals surface area contributed by atoms with Gasteiger partial charge in [0.1, 0.15) is 29.3 Å². The summed E-state index contributed by atoms with van der Waals surface area (Å²) < 4.78 is 54.5. The third kappa shape index (κ3) is 4.27. The number of nitrogens with one attached hydrogen (secondary N) is 1. The lowest BCUT2D eigenvalue weighted by atomic mass is 10.1. The first-order valence-corrected chi connectivity index (χ1v) is 7.58. The predicted molar refractivity (Wildman–Crippen MR) is 85.0 cm³/mol. The average molecular weight is 385 g/mol. The lowest BCUT2D eigenvalue weighted by Crippen LogP contribution is -2.30. The lowest BCUT2D eigenvalue weighted by Gasteiger charge is -2.09. The second kappa shape index (κ2) is 8.39. The zero-order chi connectivity index (χ0) is 20.1. The quantitative estimate of drug-likeness (QED) is 0.766. The van der Waals surface area contributed by atoms with Crippen LogP contribution in [0.1, 0.15) is 33.4 Å². The molecule has 0 saturated heterocycles. The van der Waals surface area contributed by atoms with E-state index in [0.29, 0.717) is 18.4 Å². The molecule has 2 rings (SSSR count). The van der Waals surface area contributed by atoms with E-state index in [1.165, 1.54) is 6.92 Å². The summed E-state index contributed by atoms with van der Waals surface area (Å²) in [6.07, 6.45) is 0.698. The van der Waals surface area contributed by atoms with Gasteiger partial charge in [-0.05, 0) is 6.92 Å². The Hall–Kier alpha value is -3.30. The largest absolute Gasteiger partial charge is 0.489 e. The molecule has 0 radical (unpaired) electrons. The summed E-state index contributed by atoms with van der Waals surface area (Å²) in [5.74, 6) is -6.60. The minimum absolute atomic E-state index is 0.0166. The van der Waals surface area contributed by atoms with Crippen molar-refractivity contribution in [1.29, 1.82) is 0 Å². The van der Waals surface area contributed by atoms with E-state index in [1.807, 2.05) is 0 Å². The SMILES string of the molecule is CCOC(=O)c1occ(C(=O)NCc2c(F)cc(F)cc2F)c(=O)c1OC. The lowest BCUT2D eigenvalue weighted by molar-refractivity contribution is 0.0479. The molecule has 0 atom stereocenters. The van der Waals surface area contributed by atoms with Crippen molar-refractivity contribution in [3.05, 3.63) is 63.0 Å². The van der Waals surface area contributed by atoms with Gasteiger partial charge in [-0.3, -0.25) is 9.59 Å². The van der Waals surface area contributed by atoms with Gasteiger partial charge < -0.3 is 19.2 Å². The number of carbonyl (C=O) groups excluding carboxylic acids is 2. The van der Waals surface area contributed by atoms with Gasteiger partial charge in [0, 0.05) is 24.2 Å². The zero-order valence-corrected chi connectivity index (χ0v) is 14.2. The Labute approximate surface area is 150 Å². The Morgan fingerprint density at radius 2 is 1.81 bits per heavy atom. The fourth-order valence-corrected chi connectivity index (χ4v) is 2.13. The highest BCUT2D eigenvalue weighted by Gasteiger charge is 2.25. The summed E-state index contributed by atoms with van der Waals surface area (Å²) in [4.78, 5) is 36.2. The molecule has 1 amide bonds. The second-order valence-corrected chi connectivity index (χ2v) is 5.09. The van der Waals surface area contributed by atoms with E-state index >= 15 is 0 Å². The van der Waals surface area contributed by atoms with Gasteiger partial charge in [-0.25, -0.2) is 18.0 Å². The van der Waals surface area contributed by atoms with Crippen LogP contribution in [0.15, 0.2) is 27.6 Å². The number of hydrogen-bond acceptors (Lipinski definition) is 6. The molecule has 1 heterocycles. The van der Waals surface area contributed by atoms with E-state index in [2.05, 4.69) is 5.32 Å². The third-order valence-corrected chi connectivity index (χ3v) is 3.39. The first-order valence-electron chi connectivity index (χ1n) is 7.58. The highest BCUT2D eigenvalue weighted by Crippen LogP contribution is 2.17. The number of esters is 1. The van der Waals surface area contributed by atoms with E-state index in [1.54, 1.807) is 0 Å². The molecular formula is C17H14F3NO6. The summed E-state index contributed by atoms with van der Waals surface area (Å²) >= 11 is 0. The fraction of sp³-hybridized carbons (Fsp3) is 0.235. The Kier molecular flexibility index (Phi) is 6.22. The first-order chi connectivity index (χ1) is 12.8. The van der Waals surface area contributed by atoms with Crippen LogP contribution in [-0.2, 0) is 11.3 Å². The number of ether oxygens (including phenoxy) is 2. The Bertz CT molecular complexity index is 918. The van der Waals surface area contributed by atoms with Gasteiger partial charge in [-0.2, -0.15) is 0 Å². The maximum atomic E-state index is 13.6. The van der Waals surface area contributed by atoms with Crippen LogP contribution in [0, 0.1) is 17.5 Å². The van der Waals surface area contributed by atoms with E-state index in [4.69, 9.17) is 13.9 Å². The summed E-state index contributed by atoms with van der Waals surface area (Å²) in [6.45, 7) is 0.902. The molecule has 10 heteroatoms. The van der Waals surface area contributed by atoms with E-state index in [9.17, 15) is 27.6 Å². The van der Waals surface area contributed by atoms with Gasteiger partial charge in [-0.15, -0.1) is 0 Å². The molecule has 1 aromatic carbocycles. The Balaban J connectivity index is 2.27. The van der Waals surface area contributed by atoms with Crippen LogP contribution in [0.5, 0.6) is 5.75 Å². The molecule has 2 aromatic rings. The molecule has 27 heavy (non-hydrogen) atoms. The van der Waals surface area contributed by atoms with Crippen molar-refractivity contribution in [2.75, 3.05) is 13.7 Å². The standard InChI is InChI=1S/C17H14F3NO6/c1-3-26-17(24)15-14(25-2)13(22)10(7-27-15)16(23)21-6-9-11(19)4-8(18)5-12(9)20/h4-5,7H,3,6H2,1-2H3,(H,21,23). The number of methoxy groups -OCH3 is 1. The van der Waals surface area contributed by atoms with Gasteiger partial charge in [0.2, 0.25) is 11.2 Å². The number of rotatable bonds is 6. The second-order valence-electron chi connectivity index (χ2n) is 5.09. The van der Waals surface area contributed by atoms with Crippen molar-refractivity contribution >= 4 is 11.9 Å². The molecule has 1 aromatic heterocycles. The monoisotopic (exact) mass is 385 g/mol. The fourth-order valence-electron chi connectivity index (χ4n) is 2.13. The highest BCUT2D eigenvalue weighted by atomic mass is 19.1. The van der Waals surface area contributed by atoms with E-state index in [0.717, 1.165) is 7.11 Å². The molecule has 0 aliphatic carbocycles. The molecule has 0 fully saturated rings. The molecule has 0 aliphatic heterocycles. The van der Waals surface area contributed by atoms with Crippen LogP contribution in [-0.4, -0.2) is 25.6 Å². The number of hydrogen-bond donors (Lipinski definition) is 1. The number of halogens is 3. The molecule has 0 aliphatic rings. The smallest absolute Gasteiger partial charge is 0.378 e. The van der Waals surface area contributed by atoms with Gasteiger partial charge in [0.25, 0.3) is 11.7 Å². The van der Waals surface area contributed by atoms with Crippen molar-refractivity contribution in [2.45, 2.75) is 13.5 Å². The maximum absolute atomic E-state index is 13.6. The minimum Gasteiger partial charge on any atom is -0.489 e. The molecule has 1 N–H and O–H groups in total. The number of amides is 1. The van der Waals surface area contributed by atoms with Crippen LogP contribution in [0.2, 0.25) is 0 Å². The molecule has 0 bridgehead atoms. The molecular weight excluding hydrogens is 371 g/mol. The van der Waals surface area contributed by atoms with Crippen molar-refractivity contribution in [3.63, 3.8) is 0 Å². The molecule has 144 valence electrons. The van der Waals surface area contributed by atoms with Crippen LogP contribution >= 0.6 is 0 Å². The molecule has 0 saturated carbocycles. The number of benzene rings is 1.